The first-order valence-corrected chi connectivity index (χ1v) is 9.36. The molecule has 1 aromatic heterocycles. The number of aromatic nitrogens is 2. The number of benzene rings is 1. The van der Waals surface area contributed by atoms with Gasteiger partial charge in [-0.1, -0.05) is 18.2 Å². The summed E-state index contributed by atoms with van der Waals surface area (Å²) in [6.45, 7) is 1.83. The Morgan fingerprint density at radius 1 is 1.22 bits per heavy atom. The third kappa shape index (κ3) is 3.79. The van der Waals surface area contributed by atoms with Crippen LogP contribution in [-0.2, 0) is 9.84 Å². The van der Waals surface area contributed by atoms with Gasteiger partial charge < -0.3 is 10.2 Å². The number of anilines is 3. The van der Waals surface area contributed by atoms with Crippen LogP contribution in [0.25, 0.3) is 0 Å². The smallest absolute Gasteiger partial charge is 0.152 e. The molecule has 0 radical (unpaired) electrons. The van der Waals surface area contributed by atoms with Crippen LogP contribution in [0, 0.1) is 6.92 Å². The van der Waals surface area contributed by atoms with Crippen molar-refractivity contribution in [3.8, 4) is 0 Å². The van der Waals surface area contributed by atoms with Crippen molar-refractivity contribution in [1.29, 1.82) is 0 Å². The van der Waals surface area contributed by atoms with Crippen molar-refractivity contribution in [2.75, 3.05) is 28.8 Å². The highest BCUT2D eigenvalue weighted by molar-refractivity contribution is 7.91. The van der Waals surface area contributed by atoms with Crippen molar-refractivity contribution < 1.29 is 8.42 Å². The predicted molar refractivity (Wildman–Crippen MR) is 92.0 cm³/mol. The van der Waals surface area contributed by atoms with Gasteiger partial charge in [-0.25, -0.2) is 18.4 Å². The summed E-state index contributed by atoms with van der Waals surface area (Å²) in [6.07, 6.45) is 0.620. The second-order valence-corrected chi connectivity index (χ2v) is 8.03. The van der Waals surface area contributed by atoms with Gasteiger partial charge in [-0.2, -0.15) is 0 Å². The maximum atomic E-state index is 11.6. The first kappa shape index (κ1) is 15.7. The van der Waals surface area contributed by atoms with E-state index in [0.29, 0.717) is 18.1 Å². The minimum absolute atomic E-state index is 0.0795. The van der Waals surface area contributed by atoms with Crippen LogP contribution in [0.1, 0.15) is 12.2 Å². The van der Waals surface area contributed by atoms with Crippen molar-refractivity contribution >= 4 is 27.2 Å². The average molecular weight is 332 g/mol. The zero-order valence-electron chi connectivity index (χ0n) is 13.2. The van der Waals surface area contributed by atoms with E-state index in [0.717, 1.165) is 11.5 Å². The molecule has 1 saturated heterocycles. The Morgan fingerprint density at radius 3 is 2.61 bits per heavy atom. The number of nitrogens with one attached hydrogen (secondary N) is 1. The fourth-order valence-electron chi connectivity index (χ4n) is 2.70. The van der Waals surface area contributed by atoms with Crippen LogP contribution in [0.4, 0.5) is 17.3 Å². The minimum Gasteiger partial charge on any atom is -0.366 e. The van der Waals surface area contributed by atoms with E-state index in [1.165, 1.54) is 0 Å². The molecule has 3 rings (SSSR count). The fraction of sp³-hybridized carbons (Fsp3) is 0.375. The Bertz CT molecular complexity index is 793. The molecular weight excluding hydrogens is 312 g/mol. The molecule has 7 heteroatoms. The molecule has 1 atom stereocenters. The van der Waals surface area contributed by atoms with Gasteiger partial charge in [0.15, 0.2) is 9.84 Å². The van der Waals surface area contributed by atoms with Gasteiger partial charge in [0.2, 0.25) is 0 Å². The lowest BCUT2D eigenvalue weighted by atomic mass is 10.2. The maximum Gasteiger partial charge on any atom is 0.152 e. The van der Waals surface area contributed by atoms with Crippen molar-refractivity contribution in [3.05, 3.63) is 42.2 Å². The Balaban J connectivity index is 1.82. The van der Waals surface area contributed by atoms with E-state index in [1.807, 2.05) is 55.3 Å². The van der Waals surface area contributed by atoms with Crippen molar-refractivity contribution in [2.24, 2.45) is 0 Å². The standard InChI is InChI=1S/C16H20N4O2S/c1-12-17-15(19-13-8-9-23(21,22)11-13)10-16(18-12)20(2)14-6-4-3-5-7-14/h3-7,10,13H,8-9,11H2,1-2H3,(H,17,18,19). The first-order valence-electron chi connectivity index (χ1n) is 7.54. The number of rotatable bonds is 4. The summed E-state index contributed by atoms with van der Waals surface area (Å²) < 4.78 is 23.2. The lowest BCUT2D eigenvalue weighted by Gasteiger charge is -2.20. The van der Waals surface area contributed by atoms with E-state index in [-0.39, 0.29) is 17.5 Å². The molecule has 1 aromatic carbocycles. The normalized spacial score (nSPS) is 19.5. The van der Waals surface area contributed by atoms with Crippen molar-refractivity contribution in [3.63, 3.8) is 0 Å². The lowest BCUT2D eigenvalue weighted by molar-refractivity contribution is 0.602. The SMILES string of the molecule is Cc1nc(NC2CCS(=O)(=O)C2)cc(N(C)c2ccccc2)n1. The third-order valence-corrected chi connectivity index (χ3v) is 5.66. The summed E-state index contributed by atoms with van der Waals surface area (Å²) in [5.74, 6) is 2.49. The molecule has 23 heavy (non-hydrogen) atoms. The summed E-state index contributed by atoms with van der Waals surface area (Å²) in [5, 5.41) is 3.23. The summed E-state index contributed by atoms with van der Waals surface area (Å²) in [7, 11) is -0.966. The van der Waals surface area contributed by atoms with Gasteiger partial charge in [0.1, 0.15) is 17.5 Å². The highest BCUT2D eigenvalue weighted by Gasteiger charge is 2.28. The molecule has 122 valence electrons. The second kappa shape index (κ2) is 6.16. The summed E-state index contributed by atoms with van der Waals surface area (Å²) >= 11 is 0. The molecular formula is C16H20N4O2S. The van der Waals surface area contributed by atoms with E-state index in [1.54, 1.807) is 0 Å². The van der Waals surface area contributed by atoms with Crippen LogP contribution < -0.4 is 10.2 Å². The van der Waals surface area contributed by atoms with Crippen LogP contribution in [0.3, 0.4) is 0 Å². The van der Waals surface area contributed by atoms with Crippen LogP contribution in [-0.4, -0.2) is 43.0 Å². The molecule has 1 aliphatic rings. The Labute approximate surface area is 136 Å². The van der Waals surface area contributed by atoms with Crippen LogP contribution >= 0.6 is 0 Å². The molecule has 0 saturated carbocycles. The Morgan fingerprint density at radius 2 is 1.96 bits per heavy atom. The van der Waals surface area contributed by atoms with Crippen molar-refractivity contribution in [2.45, 2.75) is 19.4 Å². The van der Waals surface area contributed by atoms with Gasteiger partial charge in [0.05, 0.1) is 11.5 Å². The quantitative estimate of drug-likeness (QED) is 0.925. The van der Waals surface area contributed by atoms with E-state index in [2.05, 4.69) is 15.3 Å². The van der Waals surface area contributed by atoms with Gasteiger partial charge in [0, 0.05) is 24.8 Å². The number of hydrogen-bond acceptors (Lipinski definition) is 6. The summed E-state index contributed by atoms with van der Waals surface area (Å²) in [4.78, 5) is 10.8. The van der Waals surface area contributed by atoms with Crippen LogP contribution in [0.5, 0.6) is 0 Å². The molecule has 1 N–H and O–H groups in total. The van der Waals surface area contributed by atoms with Gasteiger partial charge in [-0.15, -0.1) is 0 Å². The monoisotopic (exact) mass is 332 g/mol. The molecule has 0 bridgehead atoms. The molecule has 1 unspecified atom stereocenters. The Hall–Kier alpha value is -2.15. The minimum atomic E-state index is -2.91. The average Bonchev–Trinajstić information content (AvgIpc) is 2.85. The van der Waals surface area contributed by atoms with E-state index >= 15 is 0 Å². The van der Waals surface area contributed by atoms with E-state index in [4.69, 9.17) is 0 Å². The highest BCUT2D eigenvalue weighted by Crippen LogP contribution is 2.24. The number of aryl methyl sites for hydroxylation is 1. The number of nitrogens with zero attached hydrogens (tertiary/aromatic N) is 3. The topological polar surface area (TPSA) is 75.2 Å². The number of hydrogen-bond donors (Lipinski definition) is 1. The molecule has 6 nitrogen and oxygen atoms in total. The molecule has 0 amide bonds. The van der Waals surface area contributed by atoms with E-state index < -0.39 is 9.84 Å². The maximum absolute atomic E-state index is 11.6. The van der Waals surface area contributed by atoms with Crippen molar-refractivity contribution in [1.82, 2.24) is 9.97 Å². The zero-order chi connectivity index (χ0) is 16.4. The molecule has 1 fully saturated rings. The third-order valence-electron chi connectivity index (χ3n) is 3.90. The zero-order valence-corrected chi connectivity index (χ0v) is 14.0. The summed E-state index contributed by atoms with van der Waals surface area (Å²) in [6, 6.07) is 11.7. The predicted octanol–water partition coefficient (Wildman–Crippen LogP) is 2.15. The van der Waals surface area contributed by atoms with Gasteiger partial charge in [-0.3, -0.25) is 0 Å². The second-order valence-electron chi connectivity index (χ2n) is 5.80. The van der Waals surface area contributed by atoms with Gasteiger partial charge in [0.25, 0.3) is 0 Å². The molecule has 0 aliphatic carbocycles. The van der Waals surface area contributed by atoms with E-state index in [9.17, 15) is 8.42 Å². The van der Waals surface area contributed by atoms with Gasteiger partial charge >= 0.3 is 0 Å². The molecule has 1 aliphatic heterocycles. The largest absolute Gasteiger partial charge is 0.366 e. The lowest BCUT2D eigenvalue weighted by Crippen LogP contribution is -2.22. The highest BCUT2D eigenvalue weighted by atomic mass is 32.2. The summed E-state index contributed by atoms with van der Waals surface area (Å²) in [5.41, 5.74) is 1.03. The Kier molecular flexibility index (Phi) is 4.21. The molecule has 0 spiro atoms. The molecule has 2 heterocycles. The first-order chi connectivity index (χ1) is 10.9. The number of sulfone groups is 1. The van der Waals surface area contributed by atoms with Crippen LogP contribution in [0.2, 0.25) is 0 Å². The van der Waals surface area contributed by atoms with Gasteiger partial charge in [-0.05, 0) is 25.5 Å². The van der Waals surface area contributed by atoms with Crippen LogP contribution in [0.15, 0.2) is 36.4 Å². The number of para-hydroxylation sites is 1. The molecule has 2 aromatic rings. The fourth-order valence-corrected chi connectivity index (χ4v) is 4.37.